The molecule has 2 atom stereocenters. The zero-order chi connectivity index (χ0) is 15.0. The molecule has 2 saturated heterocycles. The van der Waals surface area contributed by atoms with Crippen molar-refractivity contribution in [1.82, 2.24) is 10.2 Å². The minimum Gasteiger partial charge on any atom is -0.339 e. The molecule has 1 amide bonds. The van der Waals surface area contributed by atoms with E-state index in [0.717, 1.165) is 28.9 Å². The van der Waals surface area contributed by atoms with Gasteiger partial charge in [0.25, 0.3) is 5.91 Å². The van der Waals surface area contributed by atoms with E-state index in [-0.39, 0.29) is 18.3 Å². The summed E-state index contributed by atoms with van der Waals surface area (Å²) < 4.78 is 0. The van der Waals surface area contributed by atoms with Crippen LogP contribution in [0, 0.1) is 6.92 Å². The van der Waals surface area contributed by atoms with Crippen LogP contribution in [0.4, 0.5) is 0 Å². The molecule has 1 aromatic rings. The molecule has 2 aliphatic heterocycles. The number of hydrogen-bond donors (Lipinski definition) is 1. The van der Waals surface area contributed by atoms with Gasteiger partial charge in [-0.1, -0.05) is 6.07 Å². The van der Waals surface area contributed by atoms with E-state index in [1.54, 1.807) is 11.8 Å². The number of carbonyl (C=O) groups excluding carboxylic acids is 1. The van der Waals surface area contributed by atoms with Gasteiger partial charge in [-0.05, 0) is 56.6 Å². The summed E-state index contributed by atoms with van der Waals surface area (Å²) in [6.45, 7) is 2.03. The third kappa shape index (κ3) is 3.44. The molecule has 22 heavy (non-hydrogen) atoms. The predicted octanol–water partition coefficient (Wildman–Crippen LogP) is 3.49. The third-order valence-electron chi connectivity index (χ3n) is 4.99. The van der Waals surface area contributed by atoms with Crippen molar-refractivity contribution < 1.29 is 4.79 Å². The number of nitrogens with zero attached hydrogens (tertiary/aromatic N) is 1. The molecule has 2 unspecified atom stereocenters. The molecule has 3 nitrogen and oxygen atoms in total. The maximum Gasteiger partial charge on any atom is 0.254 e. The summed E-state index contributed by atoms with van der Waals surface area (Å²) in [6, 6.07) is 7.79. The van der Waals surface area contributed by atoms with E-state index in [0.29, 0.717) is 18.1 Å². The highest BCUT2D eigenvalue weighted by atomic mass is 35.5. The number of thioether (sulfide) groups is 1. The fraction of sp³-hybridized carbons (Fsp3) is 0.588. The first-order valence-electron chi connectivity index (χ1n) is 7.76. The lowest BCUT2D eigenvalue weighted by Gasteiger charge is -2.35. The Morgan fingerprint density at radius 1 is 1.27 bits per heavy atom. The van der Waals surface area contributed by atoms with E-state index >= 15 is 0 Å². The molecule has 0 spiro atoms. The van der Waals surface area contributed by atoms with Gasteiger partial charge in [0.1, 0.15) is 0 Å². The monoisotopic (exact) mass is 340 g/mol. The zero-order valence-electron chi connectivity index (χ0n) is 13.5. The number of nitrogens with one attached hydrogen (secondary N) is 1. The van der Waals surface area contributed by atoms with Crippen molar-refractivity contribution in [2.45, 2.75) is 55.6 Å². The number of piperidine rings is 1. The Kier molecular flexibility index (Phi) is 5.81. The summed E-state index contributed by atoms with van der Waals surface area (Å²) in [5, 5.41) is 3.64. The highest BCUT2D eigenvalue weighted by Crippen LogP contribution is 2.30. The third-order valence-corrected chi connectivity index (χ3v) is 5.72. The molecule has 0 radical (unpaired) electrons. The summed E-state index contributed by atoms with van der Waals surface area (Å²) in [6.07, 6.45) is 6.78. The minimum atomic E-state index is 0. The lowest BCUT2D eigenvalue weighted by molar-refractivity contribution is 0.0680. The van der Waals surface area contributed by atoms with Gasteiger partial charge in [0.05, 0.1) is 0 Å². The Morgan fingerprint density at radius 3 is 2.50 bits per heavy atom. The Balaban J connectivity index is 0.00000176. The van der Waals surface area contributed by atoms with Crippen LogP contribution < -0.4 is 5.32 Å². The topological polar surface area (TPSA) is 32.3 Å². The Labute approximate surface area is 143 Å². The smallest absolute Gasteiger partial charge is 0.254 e. The highest BCUT2D eigenvalue weighted by Gasteiger charge is 2.36. The lowest BCUT2D eigenvalue weighted by Crippen LogP contribution is -2.48. The number of carbonyl (C=O) groups is 1. The fourth-order valence-corrected chi connectivity index (χ4v) is 4.10. The highest BCUT2D eigenvalue weighted by molar-refractivity contribution is 7.98. The first-order chi connectivity index (χ1) is 10.1. The van der Waals surface area contributed by atoms with Crippen molar-refractivity contribution in [2.75, 3.05) is 13.3 Å². The van der Waals surface area contributed by atoms with Crippen LogP contribution in [0.5, 0.6) is 0 Å². The van der Waals surface area contributed by atoms with Crippen LogP contribution in [0.15, 0.2) is 23.1 Å². The summed E-state index contributed by atoms with van der Waals surface area (Å²) >= 11 is 1.69. The molecule has 0 saturated carbocycles. The Bertz CT molecular complexity index is 539. The summed E-state index contributed by atoms with van der Waals surface area (Å²) in [5.74, 6) is 0.176. The Hall–Kier alpha value is -0.710. The van der Waals surface area contributed by atoms with Gasteiger partial charge in [-0.25, -0.2) is 0 Å². The first kappa shape index (κ1) is 17.6. The van der Waals surface area contributed by atoms with Crippen molar-refractivity contribution in [2.24, 2.45) is 0 Å². The average molecular weight is 341 g/mol. The van der Waals surface area contributed by atoms with Crippen LogP contribution in [-0.2, 0) is 0 Å². The van der Waals surface area contributed by atoms with E-state index < -0.39 is 0 Å². The molecule has 2 aliphatic rings. The van der Waals surface area contributed by atoms with Gasteiger partial charge in [0, 0.05) is 35.6 Å². The van der Waals surface area contributed by atoms with Gasteiger partial charge in [-0.15, -0.1) is 24.2 Å². The second kappa shape index (κ2) is 7.24. The van der Waals surface area contributed by atoms with E-state index in [1.807, 2.05) is 31.2 Å². The molecule has 122 valence electrons. The normalized spacial score (nSPS) is 26.4. The summed E-state index contributed by atoms with van der Waals surface area (Å²) in [5.41, 5.74) is 1.93. The number of amides is 1. The minimum absolute atomic E-state index is 0. The number of fused-ring (bicyclic) bond motifs is 2. The van der Waals surface area contributed by atoms with Gasteiger partial charge >= 0.3 is 0 Å². The van der Waals surface area contributed by atoms with Crippen molar-refractivity contribution in [3.8, 4) is 0 Å². The molecule has 0 aromatic heterocycles. The lowest BCUT2D eigenvalue weighted by atomic mass is 9.97. The van der Waals surface area contributed by atoms with Crippen LogP contribution in [0.25, 0.3) is 0 Å². The van der Waals surface area contributed by atoms with Crippen LogP contribution in [0.1, 0.15) is 41.6 Å². The van der Waals surface area contributed by atoms with Crippen LogP contribution in [0.3, 0.4) is 0 Å². The molecule has 2 bridgehead atoms. The van der Waals surface area contributed by atoms with E-state index in [2.05, 4.69) is 17.4 Å². The maximum absolute atomic E-state index is 12.9. The summed E-state index contributed by atoms with van der Waals surface area (Å²) in [7, 11) is 1.98. The number of rotatable bonds is 3. The molecule has 5 heteroatoms. The SMILES string of the molecule is CSc1ccc(C)c(C(=O)N(C)C2CC3CCC(C2)N3)c1.Cl. The molecule has 2 heterocycles. The standard InChI is InChI=1S/C17H24N2OS.ClH/c1-11-4-7-15(21-3)10-16(11)17(20)19(2)14-8-12-5-6-13(9-14)18-12;/h4,7,10,12-14,18H,5-6,8-9H2,1-3H3;1H. The van der Waals surface area contributed by atoms with Gasteiger partial charge in [-0.3, -0.25) is 4.79 Å². The quantitative estimate of drug-likeness (QED) is 0.855. The Morgan fingerprint density at radius 2 is 1.91 bits per heavy atom. The summed E-state index contributed by atoms with van der Waals surface area (Å²) in [4.78, 5) is 16.0. The number of hydrogen-bond acceptors (Lipinski definition) is 3. The second-order valence-electron chi connectivity index (χ2n) is 6.36. The van der Waals surface area contributed by atoms with Crippen molar-refractivity contribution in [1.29, 1.82) is 0 Å². The average Bonchev–Trinajstić information content (AvgIpc) is 2.84. The van der Waals surface area contributed by atoms with Crippen molar-refractivity contribution >= 4 is 30.1 Å². The first-order valence-corrected chi connectivity index (χ1v) is 8.99. The number of benzene rings is 1. The van der Waals surface area contributed by atoms with Crippen LogP contribution in [0.2, 0.25) is 0 Å². The fourth-order valence-electron chi connectivity index (χ4n) is 3.66. The molecule has 2 fully saturated rings. The van der Waals surface area contributed by atoms with Crippen LogP contribution >= 0.6 is 24.2 Å². The van der Waals surface area contributed by atoms with Gasteiger partial charge in [0.15, 0.2) is 0 Å². The maximum atomic E-state index is 12.9. The largest absolute Gasteiger partial charge is 0.339 e. The van der Waals surface area contributed by atoms with E-state index in [1.165, 1.54) is 12.8 Å². The molecular formula is C17H25ClN2OS. The molecule has 1 aromatic carbocycles. The van der Waals surface area contributed by atoms with Gasteiger partial charge in [0.2, 0.25) is 0 Å². The van der Waals surface area contributed by atoms with E-state index in [4.69, 9.17) is 0 Å². The number of aryl methyl sites for hydroxylation is 1. The van der Waals surface area contributed by atoms with E-state index in [9.17, 15) is 4.79 Å². The van der Waals surface area contributed by atoms with Gasteiger partial charge < -0.3 is 10.2 Å². The van der Waals surface area contributed by atoms with Crippen molar-refractivity contribution in [3.63, 3.8) is 0 Å². The molecule has 3 rings (SSSR count). The molecular weight excluding hydrogens is 316 g/mol. The molecule has 1 N–H and O–H groups in total. The van der Waals surface area contributed by atoms with Gasteiger partial charge in [-0.2, -0.15) is 0 Å². The predicted molar refractivity (Wildman–Crippen MR) is 95.3 cm³/mol. The van der Waals surface area contributed by atoms with Crippen LogP contribution in [-0.4, -0.2) is 42.2 Å². The van der Waals surface area contributed by atoms with Crippen molar-refractivity contribution in [3.05, 3.63) is 29.3 Å². The zero-order valence-corrected chi connectivity index (χ0v) is 15.1. The molecule has 0 aliphatic carbocycles. The second-order valence-corrected chi connectivity index (χ2v) is 7.24. The number of halogens is 1.